The Hall–Kier alpha value is -1.40. The first-order valence-corrected chi connectivity index (χ1v) is 7.28. The molecule has 2 unspecified atom stereocenters. The van der Waals surface area contributed by atoms with Crippen LogP contribution in [0.4, 0.5) is 11.8 Å². The van der Waals surface area contributed by atoms with Gasteiger partial charge >= 0.3 is 0 Å². The number of anilines is 2. The molecule has 0 radical (unpaired) electrons. The summed E-state index contributed by atoms with van der Waals surface area (Å²) < 4.78 is 0. The minimum atomic E-state index is -0.242. The van der Waals surface area contributed by atoms with Crippen molar-refractivity contribution in [3.63, 3.8) is 0 Å². The predicted molar refractivity (Wildman–Crippen MR) is 78.8 cm³/mol. The van der Waals surface area contributed by atoms with Crippen molar-refractivity contribution in [1.29, 1.82) is 0 Å². The Morgan fingerprint density at radius 2 is 2.21 bits per heavy atom. The average molecular weight is 278 g/mol. The Labute approximate surface area is 116 Å². The fraction of sp³-hybridized carbons (Fsp3) is 0.538. The van der Waals surface area contributed by atoms with Crippen LogP contribution in [0.2, 0.25) is 0 Å². The number of aliphatic hydroxyl groups excluding tert-OH is 1. The van der Waals surface area contributed by atoms with E-state index in [4.69, 9.17) is 0 Å². The first-order valence-electron chi connectivity index (χ1n) is 6.40. The van der Waals surface area contributed by atoms with Crippen molar-refractivity contribution in [2.24, 2.45) is 5.41 Å². The zero-order valence-corrected chi connectivity index (χ0v) is 12.1. The van der Waals surface area contributed by atoms with Crippen molar-refractivity contribution in [2.45, 2.75) is 32.4 Å². The molecule has 3 rings (SSSR count). The molecular weight excluding hydrogens is 260 g/mol. The van der Waals surface area contributed by atoms with E-state index >= 15 is 0 Å². The van der Waals surface area contributed by atoms with Gasteiger partial charge in [0.2, 0.25) is 5.95 Å². The Morgan fingerprint density at radius 3 is 2.84 bits per heavy atom. The number of aliphatic hydroxyl groups is 1. The van der Waals surface area contributed by atoms with Crippen LogP contribution in [0, 0.1) is 5.41 Å². The highest BCUT2D eigenvalue weighted by Crippen LogP contribution is 2.42. The molecule has 2 aromatic rings. The second kappa shape index (κ2) is 4.31. The van der Waals surface area contributed by atoms with Gasteiger partial charge < -0.3 is 15.7 Å². The quantitative estimate of drug-likeness (QED) is 0.803. The fourth-order valence-electron chi connectivity index (χ4n) is 2.39. The van der Waals surface area contributed by atoms with Gasteiger partial charge in [0.15, 0.2) is 0 Å². The highest BCUT2D eigenvalue weighted by Gasteiger charge is 2.47. The molecule has 0 aromatic carbocycles. The lowest BCUT2D eigenvalue weighted by atomic mass is 9.64. The smallest absolute Gasteiger partial charge is 0.225 e. The maximum Gasteiger partial charge on any atom is 0.225 e. The zero-order valence-electron chi connectivity index (χ0n) is 11.3. The van der Waals surface area contributed by atoms with Crippen LogP contribution in [-0.2, 0) is 0 Å². The molecule has 2 atom stereocenters. The molecule has 1 saturated carbocycles. The second-order valence-corrected chi connectivity index (χ2v) is 6.45. The third kappa shape index (κ3) is 1.95. The lowest BCUT2D eigenvalue weighted by Gasteiger charge is -2.49. The van der Waals surface area contributed by atoms with Gasteiger partial charge in [-0.05, 0) is 17.9 Å². The van der Waals surface area contributed by atoms with Gasteiger partial charge in [-0.15, -0.1) is 11.3 Å². The van der Waals surface area contributed by atoms with Crippen LogP contribution < -0.4 is 10.6 Å². The second-order valence-electron chi connectivity index (χ2n) is 5.56. The van der Waals surface area contributed by atoms with Crippen LogP contribution in [0.5, 0.6) is 0 Å². The summed E-state index contributed by atoms with van der Waals surface area (Å²) in [5, 5.41) is 19.3. The molecule has 1 aliphatic carbocycles. The van der Waals surface area contributed by atoms with E-state index in [1.165, 1.54) is 0 Å². The molecule has 0 aliphatic heterocycles. The van der Waals surface area contributed by atoms with Gasteiger partial charge in [0.1, 0.15) is 10.6 Å². The normalized spacial score (nSPS) is 25.1. The number of fused-ring (bicyclic) bond motifs is 1. The maximum absolute atomic E-state index is 9.82. The van der Waals surface area contributed by atoms with E-state index in [0.29, 0.717) is 5.95 Å². The molecule has 102 valence electrons. The van der Waals surface area contributed by atoms with Crippen molar-refractivity contribution < 1.29 is 5.11 Å². The monoisotopic (exact) mass is 278 g/mol. The number of aromatic nitrogens is 2. The van der Waals surface area contributed by atoms with Crippen LogP contribution in [0.25, 0.3) is 10.2 Å². The summed E-state index contributed by atoms with van der Waals surface area (Å²) >= 11 is 1.60. The number of thiophene rings is 1. The van der Waals surface area contributed by atoms with E-state index in [2.05, 4.69) is 34.4 Å². The third-order valence-electron chi connectivity index (χ3n) is 4.08. The Kier molecular flexibility index (Phi) is 2.87. The Morgan fingerprint density at radius 1 is 1.42 bits per heavy atom. The lowest BCUT2D eigenvalue weighted by molar-refractivity contribution is -0.0511. The van der Waals surface area contributed by atoms with Crippen molar-refractivity contribution in [1.82, 2.24) is 9.97 Å². The average Bonchev–Trinajstić information content (AvgIpc) is 2.86. The van der Waals surface area contributed by atoms with E-state index in [9.17, 15) is 5.11 Å². The highest BCUT2D eigenvalue weighted by molar-refractivity contribution is 7.16. The van der Waals surface area contributed by atoms with Crippen molar-refractivity contribution in [2.75, 3.05) is 17.7 Å². The van der Waals surface area contributed by atoms with Gasteiger partial charge in [0.25, 0.3) is 0 Å². The molecule has 0 saturated heterocycles. The lowest BCUT2D eigenvalue weighted by Crippen LogP contribution is -2.57. The molecule has 0 bridgehead atoms. The van der Waals surface area contributed by atoms with E-state index in [0.717, 1.165) is 22.5 Å². The number of rotatable bonds is 3. The minimum Gasteiger partial charge on any atom is -0.392 e. The summed E-state index contributed by atoms with van der Waals surface area (Å²) in [7, 11) is 1.82. The van der Waals surface area contributed by atoms with Crippen LogP contribution in [-0.4, -0.2) is 34.3 Å². The molecule has 0 amide bonds. The van der Waals surface area contributed by atoms with Crippen LogP contribution in [0.15, 0.2) is 11.4 Å². The van der Waals surface area contributed by atoms with Gasteiger partial charge in [0, 0.05) is 18.5 Å². The predicted octanol–water partition coefficient (Wildman–Crippen LogP) is 2.30. The van der Waals surface area contributed by atoms with Crippen LogP contribution >= 0.6 is 11.3 Å². The van der Waals surface area contributed by atoms with Gasteiger partial charge in [-0.1, -0.05) is 13.8 Å². The molecule has 5 nitrogen and oxygen atoms in total. The summed E-state index contributed by atoms with van der Waals surface area (Å²) in [5.74, 6) is 1.47. The molecule has 2 heterocycles. The number of nitrogens with zero attached hydrogens (tertiary/aromatic N) is 2. The van der Waals surface area contributed by atoms with Crippen LogP contribution in [0.1, 0.15) is 20.3 Å². The van der Waals surface area contributed by atoms with Crippen molar-refractivity contribution >= 4 is 33.3 Å². The highest BCUT2D eigenvalue weighted by atomic mass is 32.1. The van der Waals surface area contributed by atoms with Gasteiger partial charge in [0.05, 0.1) is 11.5 Å². The van der Waals surface area contributed by atoms with Crippen molar-refractivity contribution in [3.8, 4) is 0 Å². The number of hydrogen-bond donors (Lipinski definition) is 3. The molecule has 2 aromatic heterocycles. The maximum atomic E-state index is 9.82. The Bertz CT molecular complexity index is 610. The SMILES string of the molecule is CNc1nc(NC2CC(O)C2(C)C)c2ccsc2n1. The standard InChI is InChI=1S/C13H18N4OS/c1-13(2)8(6-9(13)18)15-10-7-4-5-19-11(7)17-12(14-3)16-10/h4-5,8-9,18H,6H2,1-3H3,(H2,14,15,16,17). The summed E-state index contributed by atoms with van der Waals surface area (Å²) in [4.78, 5) is 9.89. The fourth-order valence-corrected chi connectivity index (χ4v) is 3.15. The zero-order chi connectivity index (χ0) is 13.6. The molecule has 19 heavy (non-hydrogen) atoms. The molecule has 1 fully saturated rings. The van der Waals surface area contributed by atoms with E-state index in [1.54, 1.807) is 11.3 Å². The summed E-state index contributed by atoms with van der Waals surface area (Å²) in [6, 6.07) is 2.27. The van der Waals surface area contributed by atoms with E-state index in [1.807, 2.05) is 18.5 Å². The molecule has 3 N–H and O–H groups in total. The topological polar surface area (TPSA) is 70.1 Å². The molecular formula is C13H18N4OS. The molecule has 6 heteroatoms. The Balaban J connectivity index is 1.94. The number of nitrogens with one attached hydrogen (secondary N) is 2. The van der Waals surface area contributed by atoms with E-state index in [-0.39, 0.29) is 17.6 Å². The van der Waals surface area contributed by atoms with Crippen LogP contribution in [0.3, 0.4) is 0 Å². The largest absolute Gasteiger partial charge is 0.392 e. The first-order chi connectivity index (χ1) is 9.02. The summed E-state index contributed by atoms with van der Waals surface area (Å²) in [6.07, 6.45) is 0.519. The third-order valence-corrected chi connectivity index (χ3v) is 4.88. The van der Waals surface area contributed by atoms with E-state index < -0.39 is 0 Å². The number of hydrogen-bond acceptors (Lipinski definition) is 6. The summed E-state index contributed by atoms with van der Waals surface area (Å²) in [6.45, 7) is 4.15. The minimum absolute atomic E-state index is 0.118. The van der Waals surface area contributed by atoms with Gasteiger partial charge in [-0.25, -0.2) is 4.98 Å². The van der Waals surface area contributed by atoms with Crippen molar-refractivity contribution in [3.05, 3.63) is 11.4 Å². The molecule has 0 spiro atoms. The molecule has 1 aliphatic rings. The summed E-state index contributed by atoms with van der Waals surface area (Å²) in [5.41, 5.74) is -0.118. The first kappa shape index (κ1) is 12.6. The van der Waals surface area contributed by atoms with Gasteiger partial charge in [-0.2, -0.15) is 4.98 Å². The van der Waals surface area contributed by atoms with Gasteiger partial charge in [-0.3, -0.25) is 0 Å².